The van der Waals surface area contributed by atoms with Crippen molar-refractivity contribution in [1.29, 1.82) is 0 Å². The number of carbonyl (C=O) groups excluding carboxylic acids is 3. The molecule has 0 fully saturated rings. The molecule has 2 heterocycles. The number of rotatable bonds is 8. The normalized spacial score (nSPS) is 13.1. The number of aryl methyl sites for hydroxylation is 1. The van der Waals surface area contributed by atoms with Gasteiger partial charge in [-0.05, 0) is 49.2 Å². The summed E-state index contributed by atoms with van der Waals surface area (Å²) >= 11 is 0. The van der Waals surface area contributed by atoms with Gasteiger partial charge >= 0.3 is 23.6 Å². The largest absolute Gasteiger partial charge is 0.489 e. The van der Waals surface area contributed by atoms with Crippen LogP contribution in [0.2, 0.25) is 0 Å². The zero-order valence-electron chi connectivity index (χ0n) is 19.7. The lowest BCUT2D eigenvalue weighted by Crippen LogP contribution is -2.45. The number of fused-ring (bicyclic) bond motifs is 1. The van der Waals surface area contributed by atoms with Gasteiger partial charge in [0.25, 0.3) is 0 Å². The molecule has 10 nitrogen and oxygen atoms in total. The molecule has 3 aromatic rings. The molecule has 1 aromatic heterocycles. The number of nitrogens with one attached hydrogen (secondary N) is 2. The summed E-state index contributed by atoms with van der Waals surface area (Å²) in [4.78, 5) is 47.8. The van der Waals surface area contributed by atoms with E-state index in [1.54, 1.807) is 43.3 Å². The first kappa shape index (κ1) is 24.5. The maximum Gasteiger partial charge on any atom is 0.338 e. The van der Waals surface area contributed by atoms with Crippen LogP contribution in [0.1, 0.15) is 28.4 Å². The van der Waals surface area contributed by atoms with E-state index in [0.717, 1.165) is 16.5 Å². The van der Waals surface area contributed by atoms with Gasteiger partial charge in [0, 0.05) is 17.5 Å². The number of esters is 2. The molecule has 0 saturated heterocycles. The first-order valence-electron chi connectivity index (χ1n) is 11.2. The molecule has 2 N–H and O–H groups in total. The minimum absolute atomic E-state index is 0.0186. The van der Waals surface area contributed by atoms with Gasteiger partial charge in [-0.1, -0.05) is 12.1 Å². The minimum atomic E-state index is -0.620. The van der Waals surface area contributed by atoms with Crippen LogP contribution in [0, 0.1) is 6.92 Å². The van der Waals surface area contributed by atoms with Crippen molar-refractivity contribution in [3.63, 3.8) is 0 Å². The highest BCUT2D eigenvalue weighted by Crippen LogP contribution is 2.23. The summed E-state index contributed by atoms with van der Waals surface area (Å²) in [5.74, 6) is -0.676. The Morgan fingerprint density at radius 1 is 0.972 bits per heavy atom. The van der Waals surface area contributed by atoms with E-state index in [1.807, 2.05) is 13.0 Å². The van der Waals surface area contributed by atoms with Gasteiger partial charge in [-0.15, -0.1) is 0 Å². The predicted molar refractivity (Wildman–Crippen MR) is 128 cm³/mol. The fourth-order valence-electron chi connectivity index (χ4n) is 3.59. The third kappa shape index (κ3) is 5.72. The van der Waals surface area contributed by atoms with E-state index in [0.29, 0.717) is 16.9 Å². The van der Waals surface area contributed by atoms with E-state index >= 15 is 0 Å². The number of amides is 2. The molecule has 186 valence electrons. The van der Waals surface area contributed by atoms with Crippen LogP contribution in [-0.4, -0.2) is 37.7 Å². The molecule has 0 aliphatic carbocycles. The molecule has 36 heavy (non-hydrogen) atoms. The van der Waals surface area contributed by atoms with Crippen LogP contribution in [0.15, 0.2) is 69.0 Å². The van der Waals surface area contributed by atoms with Crippen LogP contribution in [0.5, 0.6) is 5.75 Å². The van der Waals surface area contributed by atoms with E-state index in [-0.39, 0.29) is 37.6 Å². The summed E-state index contributed by atoms with van der Waals surface area (Å²) in [5.41, 5.74) is 2.32. The highest BCUT2D eigenvalue weighted by Gasteiger charge is 2.24. The summed E-state index contributed by atoms with van der Waals surface area (Å²) in [7, 11) is 0. The lowest BCUT2D eigenvalue weighted by Gasteiger charge is -2.21. The van der Waals surface area contributed by atoms with E-state index in [2.05, 4.69) is 10.6 Å². The van der Waals surface area contributed by atoms with Gasteiger partial charge in [0.1, 0.15) is 24.5 Å². The Kier molecular flexibility index (Phi) is 7.33. The number of carbonyl (C=O) groups is 3. The quantitative estimate of drug-likeness (QED) is 0.362. The Bertz CT molecular complexity index is 1410. The number of hydrogen-bond donors (Lipinski definition) is 2. The average molecular weight is 492 g/mol. The van der Waals surface area contributed by atoms with Crippen LogP contribution in [0.4, 0.5) is 4.79 Å². The number of hydrogen-bond acceptors (Lipinski definition) is 8. The fraction of sp³-hybridized carbons (Fsp3) is 0.231. The third-order valence-electron chi connectivity index (χ3n) is 5.44. The van der Waals surface area contributed by atoms with Gasteiger partial charge in [0.05, 0.1) is 30.0 Å². The van der Waals surface area contributed by atoms with E-state index < -0.39 is 23.6 Å². The van der Waals surface area contributed by atoms with Crippen LogP contribution in [0.3, 0.4) is 0 Å². The predicted octanol–water partition coefficient (Wildman–Crippen LogP) is 2.97. The Morgan fingerprint density at radius 3 is 2.50 bits per heavy atom. The first-order chi connectivity index (χ1) is 17.3. The molecule has 0 unspecified atom stereocenters. The van der Waals surface area contributed by atoms with Gasteiger partial charge in [-0.2, -0.15) is 0 Å². The molecule has 0 radical (unpaired) electrons. The fourth-order valence-corrected chi connectivity index (χ4v) is 3.59. The molecule has 1 aliphatic rings. The van der Waals surface area contributed by atoms with Crippen LogP contribution in [-0.2, 0) is 20.9 Å². The van der Waals surface area contributed by atoms with Crippen molar-refractivity contribution >= 4 is 28.9 Å². The van der Waals surface area contributed by atoms with E-state index in [9.17, 15) is 19.2 Å². The molecular formula is C26H24N2O8. The monoisotopic (exact) mass is 492 g/mol. The lowest BCUT2D eigenvalue weighted by molar-refractivity contribution is -0.138. The topological polar surface area (TPSA) is 133 Å². The second kappa shape index (κ2) is 10.8. The van der Waals surface area contributed by atoms with Crippen LogP contribution < -0.4 is 21.0 Å². The summed E-state index contributed by atoms with van der Waals surface area (Å²) in [6.45, 7) is 3.61. The summed E-state index contributed by atoms with van der Waals surface area (Å²) in [6.07, 6.45) is 0. The lowest BCUT2D eigenvalue weighted by atomic mass is 10.1. The summed E-state index contributed by atoms with van der Waals surface area (Å²) in [5, 5.41) is 5.80. The second-order valence-electron chi connectivity index (χ2n) is 7.95. The molecular weight excluding hydrogens is 468 g/mol. The van der Waals surface area contributed by atoms with Gasteiger partial charge in [0.2, 0.25) is 0 Å². The zero-order valence-corrected chi connectivity index (χ0v) is 19.7. The van der Waals surface area contributed by atoms with Gasteiger partial charge in [-0.25, -0.2) is 19.2 Å². The van der Waals surface area contributed by atoms with E-state index in [4.69, 9.17) is 18.6 Å². The Balaban J connectivity index is 1.37. The molecule has 0 atom stereocenters. The summed E-state index contributed by atoms with van der Waals surface area (Å²) < 4.78 is 21.3. The van der Waals surface area contributed by atoms with Gasteiger partial charge in [0.15, 0.2) is 0 Å². The SMILES string of the molecule is CCOC(=O)C1=C(COC(=O)c2ccc(COc3ccc4c(C)cc(=O)oc4c3)cc2)NC(=O)NC1. The zero-order chi connectivity index (χ0) is 25.7. The molecule has 0 saturated carbocycles. The van der Waals surface area contributed by atoms with Gasteiger partial charge in [-0.3, -0.25) is 0 Å². The molecule has 1 aliphatic heterocycles. The standard InChI is InChI=1S/C26H24N2O8/c1-3-33-25(31)20-12-27-26(32)28-21(20)14-35-24(30)17-6-4-16(5-7-17)13-34-18-8-9-19-15(2)10-23(29)36-22(19)11-18/h4-11H,3,12-14H2,1-2H3,(H2,27,28,32). The van der Waals surface area contributed by atoms with Crippen molar-refractivity contribution in [3.05, 3.63) is 86.9 Å². The number of benzene rings is 2. The maximum atomic E-state index is 12.5. The molecule has 2 amide bonds. The van der Waals surface area contributed by atoms with Crippen LogP contribution >= 0.6 is 0 Å². The van der Waals surface area contributed by atoms with E-state index in [1.165, 1.54) is 6.07 Å². The van der Waals surface area contributed by atoms with Gasteiger partial charge < -0.3 is 29.3 Å². The highest BCUT2D eigenvalue weighted by molar-refractivity contribution is 5.94. The van der Waals surface area contributed by atoms with Crippen molar-refractivity contribution in [3.8, 4) is 5.75 Å². The van der Waals surface area contributed by atoms with Crippen molar-refractivity contribution in [2.24, 2.45) is 0 Å². The molecule has 4 rings (SSSR count). The van der Waals surface area contributed by atoms with Crippen molar-refractivity contribution < 1.29 is 33.0 Å². The smallest absolute Gasteiger partial charge is 0.338 e. The minimum Gasteiger partial charge on any atom is -0.489 e. The molecule has 10 heteroatoms. The van der Waals surface area contributed by atoms with Crippen molar-refractivity contribution in [2.75, 3.05) is 19.8 Å². The number of urea groups is 1. The third-order valence-corrected chi connectivity index (χ3v) is 5.44. The first-order valence-corrected chi connectivity index (χ1v) is 11.2. The van der Waals surface area contributed by atoms with Crippen molar-refractivity contribution in [1.82, 2.24) is 10.6 Å². The molecule has 0 spiro atoms. The average Bonchev–Trinajstić information content (AvgIpc) is 2.86. The molecule has 0 bridgehead atoms. The Labute approximate surface area is 205 Å². The Morgan fingerprint density at radius 2 is 1.75 bits per heavy atom. The second-order valence-corrected chi connectivity index (χ2v) is 7.95. The maximum absolute atomic E-state index is 12.5. The Hall–Kier alpha value is -4.60. The molecule has 2 aromatic carbocycles. The summed E-state index contributed by atoms with van der Waals surface area (Å²) in [6, 6.07) is 12.8. The van der Waals surface area contributed by atoms with Crippen molar-refractivity contribution in [2.45, 2.75) is 20.5 Å². The van der Waals surface area contributed by atoms with Crippen LogP contribution in [0.25, 0.3) is 11.0 Å². The highest BCUT2D eigenvalue weighted by atomic mass is 16.5. The number of ether oxygens (including phenoxy) is 3.